The molecule has 1 heterocycles. The van der Waals surface area contributed by atoms with Gasteiger partial charge in [0.05, 0.1) is 30.7 Å². The maximum Gasteiger partial charge on any atom is 0.121 e. The van der Waals surface area contributed by atoms with Crippen LogP contribution in [0.3, 0.4) is 0 Å². The molecular weight excluding hydrogens is 226 g/mol. The van der Waals surface area contributed by atoms with Crippen molar-refractivity contribution in [2.45, 2.75) is 13.5 Å². The molecule has 94 valence electrons. The molecule has 0 aliphatic carbocycles. The fraction of sp³-hybridized carbons (Fsp3) is 0.214. The number of aromatic nitrogens is 1. The zero-order valence-electron chi connectivity index (χ0n) is 10.6. The largest absolute Gasteiger partial charge is 0.497 e. The minimum Gasteiger partial charge on any atom is -0.497 e. The summed E-state index contributed by atoms with van der Waals surface area (Å²) < 4.78 is 5.11. The molecule has 4 nitrogen and oxygen atoms in total. The van der Waals surface area contributed by atoms with Crippen LogP contribution in [0.2, 0.25) is 0 Å². The molecule has 1 aromatic heterocycles. The van der Waals surface area contributed by atoms with Gasteiger partial charge in [-0.25, -0.2) is 0 Å². The quantitative estimate of drug-likeness (QED) is 0.810. The Bertz CT molecular complexity index is 540. The number of methoxy groups -OCH3 is 1. The van der Waals surface area contributed by atoms with Gasteiger partial charge in [0.2, 0.25) is 0 Å². The number of benzene rings is 1. The lowest BCUT2D eigenvalue weighted by Gasteiger charge is -2.11. The first kappa shape index (κ1) is 12.2. The second-order valence-corrected chi connectivity index (χ2v) is 4.07. The van der Waals surface area contributed by atoms with Crippen LogP contribution in [0.4, 0.5) is 11.4 Å². The molecule has 2 rings (SSSR count). The minimum absolute atomic E-state index is 0.656. The molecule has 1 aromatic carbocycles. The van der Waals surface area contributed by atoms with Crippen molar-refractivity contribution < 1.29 is 4.74 Å². The third kappa shape index (κ3) is 2.71. The van der Waals surface area contributed by atoms with E-state index in [1.54, 1.807) is 19.4 Å². The number of nitrogens with one attached hydrogen (secondary N) is 1. The molecule has 0 aliphatic heterocycles. The van der Waals surface area contributed by atoms with E-state index in [0.717, 1.165) is 22.7 Å². The van der Waals surface area contributed by atoms with Gasteiger partial charge in [-0.2, -0.15) is 0 Å². The van der Waals surface area contributed by atoms with Gasteiger partial charge >= 0.3 is 0 Å². The Morgan fingerprint density at radius 3 is 2.83 bits per heavy atom. The summed E-state index contributed by atoms with van der Waals surface area (Å²) >= 11 is 0. The van der Waals surface area contributed by atoms with E-state index in [2.05, 4.69) is 10.3 Å². The number of nitrogen functional groups attached to an aromatic ring is 1. The highest BCUT2D eigenvalue weighted by Crippen LogP contribution is 2.24. The number of nitrogens with two attached hydrogens (primary N) is 1. The molecule has 0 saturated carbocycles. The summed E-state index contributed by atoms with van der Waals surface area (Å²) in [6.45, 7) is 2.70. The Balaban J connectivity index is 2.09. The highest BCUT2D eigenvalue weighted by Gasteiger charge is 2.03. The SMILES string of the molecule is COc1ccc(NCc2ncccc2C)c(N)c1. The third-order valence-corrected chi connectivity index (χ3v) is 2.82. The van der Waals surface area contributed by atoms with E-state index in [0.29, 0.717) is 12.2 Å². The Hall–Kier alpha value is -2.23. The molecule has 0 bridgehead atoms. The fourth-order valence-corrected chi connectivity index (χ4v) is 1.71. The molecular formula is C14H17N3O. The Labute approximate surface area is 107 Å². The van der Waals surface area contributed by atoms with Crippen LogP contribution in [0.1, 0.15) is 11.3 Å². The predicted molar refractivity (Wildman–Crippen MR) is 73.7 cm³/mol. The van der Waals surface area contributed by atoms with Crippen molar-refractivity contribution in [3.63, 3.8) is 0 Å². The van der Waals surface area contributed by atoms with Crippen molar-refractivity contribution in [1.29, 1.82) is 0 Å². The average molecular weight is 243 g/mol. The van der Waals surface area contributed by atoms with E-state index in [-0.39, 0.29) is 0 Å². The molecule has 0 atom stereocenters. The second kappa shape index (κ2) is 5.40. The van der Waals surface area contributed by atoms with Gasteiger partial charge in [-0.1, -0.05) is 6.07 Å². The summed E-state index contributed by atoms with van der Waals surface area (Å²) in [6, 6.07) is 9.56. The first-order chi connectivity index (χ1) is 8.70. The molecule has 0 spiro atoms. The van der Waals surface area contributed by atoms with E-state index in [9.17, 15) is 0 Å². The van der Waals surface area contributed by atoms with Crippen molar-refractivity contribution >= 4 is 11.4 Å². The fourth-order valence-electron chi connectivity index (χ4n) is 1.71. The van der Waals surface area contributed by atoms with E-state index >= 15 is 0 Å². The number of hydrogen-bond acceptors (Lipinski definition) is 4. The maximum atomic E-state index is 5.94. The molecule has 2 aromatic rings. The second-order valence-electron chi connectivity index (χ2n) is 4.07. The standard InChI is InChI=1S/C14H17N3O/c1-10-4-3-7-16-14(10)9-17-13-6-5-11(18-2)8-12(13)15/h3-8,17H,9,15H2,1-2H3. The summed E-state index contributed by atoms with van der Waals surface area (Å²) in [5, 5.41) is 3.28. The molecule has 0 amide bonds. The van der Waals surface area contributed by atoms with Gasteiger partial charge in [0.25, 0.3) is 0 Å². The van der Waals surface area contributed by atoms with Crippen molar-refractivity contribution in [3.05, 3.63) is 47.8 Å². The number of aryl methyl sites for hydroxylation is 1. The highest BCUT2D eigenvalue weighted by molar-refractivity contribution is 5.68. The van der Waals surface area contributed by atoms with Gasteiger partial charge in [0.15, 0.2) is 0 Å². The summed E-state index contributed by atoms with van der Waals surface area (Å²) in [5.74, 6) is 0.757. The number of pyridine rings is 1. The highest BCUT2D eigenvalue weighted by atomic mass is 16.5. The van der Waals surface area contributed by atoms with Gasteiger partial charge in [-0.15, -0.1) is 0 Å². The predicted octanol–water partition coefficient (Wildman–Crippen LogP) is 2.59. The topological polar surface area (TPSA) is 60.2 Å². The van der Waals surface area contributed by atoms with Crippen molar-refractivity contribution in [1.82, 2.24) is 4.98 Å². The zero-order chi connectivity index (χ0) is 13.0. The number of anilines is 2. The normalized spacial score (nSPS) is 10.1. The van der Waals surface area contributed by atoms with Crippen LogP contribution in [0.15, 0.2) is 36.5 Å². The van der Waals surface area contributed by atoms with Crippen LogP contribution in [0.5, 0.6) is 5.75 Å². The van der Waals surface area contributed by atoms with E-state index in [4.69, 9.17) is 10.5 Å². The number of nitrogens with zero attached hydrogens (tertiary/aromatic N) is 1. The molecule has 0 fully saturated rings. The summed E-state index contributed by atoms with van der Waals surface area (Å²) in [4.78, 5) is 4.33. The van der Waals surface area contributed by atoms with Crippen molar-refractivity contribution in [2.24, 2.45) is 0 Å². The van der Waals surface area contributed by atoms with Gasteiger partial charge < -0.3 is 15.8 Å². The smallest absolute Gasteiger partial charge is 0.121 e. The van der Waals surface area contributed by atoms with Gasteiger partial charge in [0, 0.05) is 12.3 Å². The first-order valence-corrected chi connectivity index (χ1v) is 5.78. The molecule has 18 heavy (non-hydrogen) atoms. The van der Waals surface area contributed by atoms with E-state index < -0.39 is 0 Å². The van der Waals surface area contributed by atoms with Gasteiger partial charge in [-0.3, -0.25) is 4.98 Å². The first-order valence-electron chi connectivity index (χ1n) is 5.78. The minimum atomic E-state index is 0.656. The third-order valence-electron chi connectivity index (χ3n) is 2.82. The molecule has 0 radical (unpaired) electrons. The van der Waals surface area contributed by atoms with Crippen LogP contribution < -0.4 is 15.8 Å². The molecule has 0 unspecified atom stereocenters. The molecule has 0 aliphatic rings. The Morgan fingerprint density at radius 1 is 1.33 bits per heavy atom. The molecule has 4 heteroatoms. The Kier molecular flexibility index (Phi) is 3.67. The zero-order valence-corrected chi connectivity index (χ0v) is 10.6. The molecule has 3 N–H and O–H groups in total. The van der Waals surface area contributed by atoms with E-state index in [1.807, 2.05) is 31.2 Å². The average Bonchev–Trinajstić information content (AvgIpc) is 2.39. The van der Waals surface area contributed by atoms with Gasteiger partial charge in [0.1, 0.15) is 5.75 Å². The maximum absolute atomic E-state index is 5.94. The Morgan fingerprint density at radius 2 is 2.17 bits per heavy atom. The number of rotatable bonds is 4. The van der Waals surface area contributed by atoms with Crippen molar-refractivity contribution in [3.8, 4) is 5.75 Å². The van der Waals surface area contributed by atoms with Crippen molar-refractivity contribution in [2.75, 3.05) is 18.2 Å². The van der Waals surface area contributed by atoms with Crippen LogP contribution in [-0.2, 0) is 6.54 Å². The van der Waals surface area contributed by atoms with Crippen LogP contribution >= 0.6 is 0 Å². The lowest BCUT2D eigenvalue weighted by atomic mass is 10.2. The van der Waals surface area contributed by atoms with Crippen LogP contribution in [0.25, 0.3) is 0 Å². The number of hydrogen-bond donors (Lipinski definition) is 2. The lowest BCUT2D eigenvalue weighted by Crippen LogP contribution is -2.05. The number of ether oxygens (including phenoxy) is 1. The van der Waals surface area contributed by atoms with Crippen LogP contribution in [-0.4, -0.2) is 12.1 Å². The monoisotopic (exact) mass is 243 g/mol. The summed E-state index contributed by atoms with van der Waals surface area (Å²) in [6.07, 6.45) is 1.79. The lowest BCUT2D eigenvalue weighted by molar-refractivity contribution is 0.415. The summed E-state index contributed by atoms with van der Waals surface area (Å²) in [7, 11) is 1.62. The summed E-state index contributed by atoms with van der Waals surface area (Å²) in [5.41, 5.74) is 9.68. The van der Waals surface area contributed by atoms with Gasteiger partial charge in [-0.05, 0) is 30.7 Å². The van der Waals surface area contributed by atoms with Crippen LogP contribution in [0, 0.1) is 6.92 Å². The van der Waals surface area contributed by atoms with E-state index in [1.165, 1.54) is 0 Å². The molecule has 0 saturated heterocycles.